The van der Waals surface area contributed by atoms with Crippen LogP contribution in [0.2, 0.25) is 0 Å². The van der Waals surface area contributed by atoms with Crippen LogP contribution in [-0.4, -0.2) is 61.4 Å². The number of hydrogen-bond donors (Lipinski definition) is 2. The van der Waals surface area contributed by atoms with Crippen molar-refractivity contribution >= 4 is 16.0 Å². The lowest BCUT2D eigenvalue weighted by molar-refractivity contribution is -0.192. The number of alkyl halides is 3. The Morgan fingerprint density at radius 3 is 2.24 bits per heavy atom. The molecule has 2 rings (SSSR count). The fourth-order valence-electron chi connectivity index (χ4n) is 2.75. The smallest absolute Gasteiger partial charge is 0.475 e. The van der Waals surface area contributed by atoms with E-state index in [2.05, 4.69) is 5.32 Å². The van der Waals surface area contributed by atoms with Crippen molar-refractivity contribution < 1.29 is 31.5 Å². The van der Waals surface area contributed by atoms with Gasteiger partial charge in [0.25, 0.3) is 0 Å². The fraction of sp³-hybridized carbons (Fsp3) is 0.909. The number of carboxylic acid groups (broad SMARTS) is 1. The number of carboxylic acids is 1. The lowest BCUT2D eigenvalue weighted by atomic mass is 9.88. The number of rotatable bonds is 1. The van der Waals surface area contributed by atoms with Gasteiger partial charge in [-0.05, 0) is 25.8 Å². The van der Waals surface area contributed by atoms with Crippen molar-refractivity contribution in [3.05, 3.63) is 0 Å². The molecule has 0 amide bonds. The third kappa shape index (κ3) is 4.82. The van der Waals surface area contributed by atoms with Crippen LogP contribution in [0.3, 0.4) is 0 Å². The van der Waals surface area contributed by atoms with Crippen LogP contribution in [0.15, 0.2) is 0 Å². The number of nitrogens with one attached hydrogen (secondary N) is 1. The zero-order chi connectivity index (χ0) is 16.3. The molecule has 0 aromatic rings. The molecule has 0 aromatic carbocycles. The quantitative estimate of drug-likeness (QED) is 0.742. The minimum atomic E-state index is -5.08. The van der Waals surface area contributed by atoms with E-state index in [4.69, 9.17) is 9.90 Å². The third-order valence-corrected chi connectivity index (χ3v) is 5.02. The van der Waals surface area contributed by atoms with Gasteiger partial charge in [0.15, 0.2) is 0 Å². The minimum Gasteiger partial charge on any atom is -0.475 e. The molecule has 6 nitrogen and oxygen atoms in total. The molecule has 2 fully saturated rings. The zero-order valence-electron chi connectivity index (χ0n) is 11.6. The molecule has 2 aliphatic heterocycles. The van der Waals surface area contributed by atoms with E-state index < -0.39 is 22.2 Å². The first-order chi connectivity index (χ1) is 9.49. The molecule has 21 heavy (non-hydrogen) atoms. The standard InChI is InChI=1S/C9H18N2O2S.C2HF3O2/c1-14(12,13)11-7-3-2-4-9(11)5-6-10-8-9;3-2(4,5)1(6)7/h10H,2-8H2,1H3;(H,6,7). The van der Waals surface area contributed by atoms with Crippen LogP contribution in [0.25, 0.3) is 0 Å². The highest BCUT2D eigenvalue weighted by Gasteiger charge is 2.45. The molecule has 0 aromatic heterocycles. The van der Waals surface area contributed by atoms with Crippen LogP contribution in [0.5, 0.6) is 0 Å². The highest BCUT2D eigenvalue weighted by Crippen LogP contribution is 2.34. The van der Waals surface area contributed by atoms with Crippen molar-refractivity contribution in [3.8, 4) is 0 Å². The Hall–Kier alpha value is -0.870. The number of piperidine rings is 1. The Labute approximate surface area is 121 Å². The van der Waals surface area contributed by atoms with Gasteiger partial charge in [-0.1, -0.05) is 6.42 Å². The van der Waals surface area contributed by atoms with E-state index in [1.54, 1.807) is 4.31 Å². The molecule has 2 saturated heterocycles. The molecule has 0 radical (unpaired) electrons. The molecule has 2 N–H and O–H groups in total. The van der Waals surface area contributed by atoms with Crippen molar-refractivity contribution in [2.24, 2.45) is 0 Å². The summed E-state index contributed by atoms with van der Waals surface area (Å²) < 4.78 is 56.8. The molecule has 1 atom stereocenters. The number of hydrogen-bond acceptors (Lipinski definition) is 4. The Morgan fingerprint density at radius 1 is 1.29 bits per heavy atom. The fourth-order valence-corrected chi connectivity index (χ4v) is 4.16. The number of halogens is 3. The lowest BCUT2D eigenvalue weighted by Crippen LogP contribution is -2.55. The first-order valence-corrected chi connectivity index (χ1v) is 8.32. The maximum absolute atomic E-state index is 11.6. The highest BCUT2D eigenvalue weighted by atomic mass is 32.2. The van der Waals surface area contributed by atoms with Gasteiger partial charge in [0.05, 0.1) is 6.26 Å². The molecule has 1 spiro atoms. The number of sulfonamides is 1. The van der Waals surface area contributed by atoms with Crippen LogP contribution in [0, 0.1) is 0 Å². The Bertz CT molecular complexity index is 472. The molecule has 1 unspecified atom stereocenters. The Morgan fingerprint density at radius 2 is 1.86 bits per heavy atom. The number of carbonyl (C=O) groups is 1. The van der Waals surface area contributed by atoms with Gasteiger partial charge in [0.2, 0.25) is 10.0 Å². The maximum Gasteiger partial charge on any atom is 0.490 e. The summed E-state index contributed by atoms with van der Waals surface area (Å²) in [6.45, 7) is 2.49. The largest absolute Gasteiger partial charge is 0.490 e. The SMILES string of the molecule is CS(=O)(=O)N1CCCCC12CCNC2.O=C(O)C(F)(F)F. The Kier molecular flexibility index (Phi) is 5.62. The van der Waals surface area contributed by atoms with Gasteiger partial charge in [-0.15, -0.1) is 0 Å². The molecular formula is C11H19F3N2O4S. The third-order valence-electron chi connectivity index (χ3n) is 3.65. The first-order valence-electron chi connectivity index (χ1n) is 6.48. The normalized spacial score (nSPS) is 27.2. The molecular weight excluding hydrogens is 313 g/mol. The highest BCUT2D eigenvalue weighted by molar-refractivity contribution is 7.88. The summed E-state index contributed by atoms with van der Waals surface area (Å²) in [6, 6.07) is 0. The van der Waals surface area contributed by atoms with Crippen LogP contribution in [0.4, 0.5) is 13.2 Å². The lowest BCUT2D eigenvalue weighted by Gasteiger charge is -2.42. The van der Waals surface area contributed by atoms with E-state index in [1.165, 1.54) is 6.26 Å². The second-order valence-electron chi connectivity index (χ2n) is 5.25. The summed E-state index contributed by atoms with van der Waals surface area (Å²) in [6.07, 6.45) is 0.411. The monoisotopic (exact) mass is 332 g/mol. The predicted molar refractivity (Wildman–Crippen MR) is 69.3 cm³/mol. The summed E-state index contributed by atoms with van der Waals surface area (Å²) >= 11 is 0. The zero-order valence-corrected chi connectivity index (χ0v) is 12.4. The van der Waals surface area contributed by atoms with Crippen LogP contribution in [-0.2, 0) is 14.8 Å². The van der Waals surface area contributed by atoms with E-state index in [9.17, 15) is 21.6 Å². The second-order valence-corrected chi connectivity index (χ2v) is 7.15. The molecule has 0 aliphatic carbocycles. The van der Waals surface area contributed by atoms with Crippen LogP contribution >= 0.6 is 0 Å². The maximum atomic E-state index is 11.6. The van der Waals surface area contributed by atoms with Gasteiger partial charge in [-0.3, -0.25) is 0 Å². The second kappa shape index (κ2) is 6.49. The van der Waals surface area contributed by atoms with Crippen molar-refractivity contribution in [1.82, 2.24) is 9.62 Å². The van der Waals surface area contributed by atoms with Crippen molar-refractivity contribution in [3.63, 3.8) is 0 Å². The average molecular weight is 332 g/mol. The molecule has 2 aliphatic rings. The summed E-state index contributed by atoms with van der Waals surface area (Å²) in [4.78, 5) is 8.90. The van der Waals surface area contributed by atoms with Crippen LogP contribution < -0.4 is 5.32 Å². The predicted octanol–water partition coefficient (Wildman–Crippen LogP) is 0.797. The summed E-state index contributed by atoms with van der Waals surface area (Å²) in [5.74, 6) is -2.76. The van der Waals surface area contributed by atoms with Crippen LogP contribution in [0.1, 0.15) is 25.7 Å². The van der Waals surface area contributed by atoms with Gasteiger partial charge in [0.1, 0.15) is 0 Å². The number of aliphatic carboxylic acids is 1. The van der Waals surface area contributed by atoms with Crippen molar-refractivity contribution in [2.75, 3.05) is 25.9 Å². The molecule has 124 valence electrons. The van der Waals surface area contributed by atoms with E-state index in [0.29, 0.717) is 6.54 Å². The van der Waals surface area contributed by atoms with Gasteiger partial charge in [-0.2, -0.15) is 17.5 Å². The van der Waals surface area contributed by atoms with E-state index in [0.717, 1.165) is 38.8 Å². The molecule has 10 heteroatoms. The number of nitrogens with zero attached hydrogens (tertiary/aromatic N) is 1. The minimum absolute atomic E-state index is 0.0914. The average Bonchev–Trinajstić information content (AvgIpc) is 2.76. The summed E-state index contributed by atoms with van der Waals surface area (Å²) in [5.41, 5.74) is -0.0914. The van der Waals surface area contributed by atoms with Crippen molar-refractivity contribution in [2.45, 2.75) is 37.4 Å². The first kappa shape index (κ1) is 18.2. The summed E-state index contributed by atoms with van der Waals surface area (Å²) in [7, 11) is -3.02. The molecule has 0 bridgehead atoms. The molecule has 2 heterocycles. The van der Waals surface area contributed by atoms with Crippen molar-refractivity contribution in [1.29, 1.82) is 0 Å². The Balaban J connectivity index is 0.000000270. The van der Waals surface area contributed by atoms with Gasteiger partial charge >= 0.3 is 12.1 Å². The topological polar surface area (TPSA) is 86.7 Å². The van der Waals surface area contributed by atoms with E-state index in [1.807, 2.05) is 0 Å². The van der Waals surface area contributed by atoms with Gasteiger partial charge in [-0.25, -0.2) is 13.2 Å². The van der Waals surface area contributed by atoms with E-state index >= 15 is 0 Å². The van der Waals surface area contributed by atoms with E-state index in [-0.39, 0.29) is 5.54 Å². The summed E-state index contributed by atoms with van der Waals surface area (Å²) in [5, 5.41) is 10.4. The van der Waals surface area contributed by atoms with Gasteiger partial charge < -0.3 is 10.4 Å². The van der Waals surface area contributed by atoms with Gasteiger partial charge in [0, 0.05) is 18.6 Å². The molecule has 0 saturated carbocycles.